The zero-order valence-corrected chi connectivity index (χ0v) is 7.95. The van der Waals surface area contributed by atoms with Gasteiger partial charge in [0.05, 0.1) is 12.7 Å². The van der Waals surface area contributed by atoms with Crippen molar-refractivity contribution in [1.82, 2.24) is 0 Å². The summed E-state index contributed by atoms with van der Waals surface area (Å²) in [6.45, 7) is 5.95. The molecule has 1 aliphatic rings. The van der Waals surface area contributed by atoms with Gasteiger partial charge in [0.25, 0.3) is 0 Å². The maximum Gasteiger partial charge on any atom is 0.333 e. The van der Waals surface area contributed by atoms with E-state index in [1.165, 1.54) is 6.08 Å². The lowest BCUT2D eigenvalue weighted by Crippen LogP contribution is -2.10. The van der Waals surface area contributed by atoms with Crippen molar-refractivity contribution in [2.45, 2.75) is 13.0 Å². The largest absolute Gasteiger partial charge is 0.459 e. The van der Waals surface area contributed by atoms with Crippen molar-refractivity contribution in [3.63, 3.8) is 0 Å². The monoisotopic (exact) mass is 193 g/mol. The normalized spacial score (nSPS) is 19.7. The number of esters is 1. The maximum atomic E-state index is 11.2. The van der Waals surface area contributed by atoms with Crippen molar-refractivity contribution in [3.8, 4) is 6.07 Å². The van der Waals surface area contributed by atoms with Crippen LogP contribution < -0.4 is 0 Å². The predicted octanol–water partition coefficient (Wildman–Crippen LogP) is 0.954. The van der Waals surface area contributed by atoms with Gasteiger partial charge in [-0.15, -0.1) is 0 Å². The Bertz CT molecular complexity index is 321. The molecule has 1 saturated heterocycles. The minimum absolute atomic E-state index is 0.0610. The lowest BCUT2D eigenvalue weighted by atomic mass is 10.2. The van der Waals surface area contributed by atoms with Gasteiger partial charge in [-0.05, 0) is 13.0 Å². The van der Waals surface area contributed by atoms with E-state index in [0.29, 0.717) is 12.2 Å². The highest BCUT2D eigenvalue weighted by atomic mass is 16.6. The van der Waals surface area contributed by atoms with Crippen LogP contribution in [0.25, 0.3) is 0 Å². The molecular formula is C10H11NO3. The molecule has 0 N–H and O–H groups in total. The minimum atomic E-state index is -0.433. The molecule has 0 saturated carbocycles. The molecule has 4 nitrogen and oxygen atoms in total. The van der Waals surface area contributed by atoms with Crippen molar-refractivity contribution >= 4 is 5.97 Å². The van der Waals surface area contributed by atoms with E-state index >= 15 is 0 Å². The summed E-state index contributed by atoms with van der Waals surface area (Å²) in [6, 6.07) is 1.82. The lowest BCUT2D eigenvalue weighted by Gasteiger charge is -2.01. The number of nitrogens with zero attached hydrogens (tertiary/aromatic N) is 1. The van der Waals surface area contributed by atoms with Crippen LogP contribution in [0.2, 0.25) is 0 Å². The third-order valence-electron chi connectivity index (χ3n) is 1.66. The third-order valence-corrected chi connectivity index (χ3v) is 1.66. The smallest absolute Gasteiger partial charge is 0.333 e. The van der Waals surface area contributed by atoms with Gasteiger partial charge < -0.3 is 9.47 Å². The first kappa shape index (κ1) is 10.5. The molecule has 0 aromatic carbocycles. The highest BCUT2D eigenvalue weighted by Gasteiger charge is 2.24. The molecule has 0 aromatic heterocycles. The molecule has 0 bridgehead atoms. The van der Waals surface area contributed by atoms with Gasteiger partial charge >= 0.3 is 5.97 Å². The summed E-state index contributed by atoms with van der Waals surface area (Å²) in [5, 5.41) is 8.43. The van der Waals surface area contributed by atoms with Gasteiger partial charge in [-0.2, -0.15) is 5.26 Å². The van der Waals surface area contributed by atoms with Crippen LogP contribution in [-0.2, 0) is 14.3 Å². The van der Waals surface area contributed by atoms with E-state index in [4.69, 9.17) is 14.7 Å². The molecular weight excluding hydrogens is 182 g/mol. The zero-order valence-electron chi connectivity index (χ0n) is 7.95. The molecule has 4 heteroatoms. The molecule has 1 aliphatic heterocycles. The molecule has 0 radical (unpaired) electrons. The summed E-state index contributed by atoms with van der Waals surface area (Å²) in [7, 11) is 0. The molecule has 14 heavy (non-hydrogen) atoms. The first-order chi connectivity index (χ1) is 6.63. The minimum Gasteiger partial charge on any atom is -0.459 e. The average Bonchev–Trinajstić information content (AvgIpc) is 2.97. The number of allylic oxidation sites excluding steroid dienone is 2. The number of hydrogen-bond acceptors (Lipinski definition) is 4. The Hall–Kier alpha value is -1.60. The number of rotatable bonds is 4. The average molecular weight is 193 g/mol. The first-order valence-corrected chi connectivity index (χ1v) is 4.19. The van der Waals surface area contributed by atoms with Crippen LogP contribution in [0.5, 0.6) is 0 Å². The van der Waals surface area contributed by atoms with E-state index in [2.05, 4.69) is 6.58 Å². The summed E-state index contributed by atoms with van der Waals surface area (Å²) >= 11 is 0. The lowest BCUT2D eigenvalue weighted by molar-refractivity contribution is -0.139. The van der Waals surface area contributed by atoms with Crippen LogP contribution in [-0.4, -0.2) is 25.3 Å². The summed E-state index contributed by atoms with van der Waals surface area (Å²) in [4.78, 5) is 11.2. The molecule has 0 amide bonds. The summed E-state index contributed by atoms with van der Waals surface area (Å²) in [5.74, 6) is -0.433. The van der Waals surface area contributed by atoms with Crippen LogP contribution >= 0.6 is 0 Å². The highest BCUT2D eigenvalue weighted by molar-refractivity contribution is 5.88. The van der Waals surface area contributed by atoms with Crippen LogP contribution in [0, 0.1) is 11.3 Å². The number of carbonyl (C=O) groups is 1. The fraction of sp³-hybridized carbons (Fsp3) is 0.400. The van der Waals surface area contributed by atoms with Crippen molar-refractivity contribution in [2.24, 2.45) is 0 Å². The van der Waals surface area contributed by atoms with Crippen LogP contribution in [0.4, 0.5) is 0 Å². The molecule has 0 aromatic rings. The second-order valence-electron chi connectivity index (χ2n) is 3.02. The zero-order chi connectivity index (χ0) is 10.6. The van der Waals surface area contributed by atoms with Crippen molar-refractivity contribution in [1.29, 1.82) is 5.26 Å². The Balaban J connectivity index is 2.38. The third kappa shape index (κ3) is 3.42. The Morgan fingerprint density at radius 1 is 1.86 bits per heavy atom. The molecule has 1 heterocycles. The highest BCUT2D eigenvalue weighted by Crippen LogP contribution is 2.10. The van der Waals surface area contributed by atoms with Gasteiger partial charge in [0.15, 0.2) is 0 Å². The Morgan fingerprint density at radius 2 is 2.50 bits per heavy atom. The van der Waals surface area contributed by atoms with Crippen LogP contribution in [0.3, 0.4) is 0 Å². The Labute approximate surface area is 82.4 Å². The van der Waals surface area contributed by atoms with E-state index in [-0.39, 0.29) is 18.3 Å². The van der Waals surface area contributed by atoms with E-state index in [1.807, 2.05) is 6.07 Å². The summed E-state index contributed by atoms with van der Waals surface area (Å²) in [6.07, 6.45) is 1.46. The summed E-state index contributed by atoms with van der Waals surface area (Å²) < 4.78 is 9.76. The number of ether oxygens (including phenoxy) is 2. The van der Waals surface area contributed by atoms with E-state index in [9.17, 15) is 4.79 Å². The van der Waals surface area contributed by atoms with Crippen LogP contribution in [0.1, 0.15) is 6.92 Å². The van der Waals surface area contributed by atoms with Gasteiger partial charge in [-0.25, -0.2) is 4.79 Å². The second-order valence-corrected chi connectivity index (χ2v) is 3.02. The van der Waals surface area contributed by atoms with Crippen molar-refractivity contribution in [2.75, 3.05) is 13.2 Å². The molecule has 1 rings (SSSR count). The SMILES string of the molecule is C=C(C#N)/C=C(\C)C(=O)OCC1CO1. The van der Waals surface area contributed by atoms with Crippen molar-refractivity contribution < 1.29 is 14.3 Å². The van der Waals surface area contributed by atoms with E-state index in [0.717, 1.165) is 0 Å². The number of epoxide rings is 1. The van der Waals surface area contributed by atoms with Gasteiger partial charge in [-0.1, -0.05) is 6.58 Å². The molecule has 0 spiro atoms. The molecule has 1 fully saturated rings. The van der Waals surface area contributed by atoms with E-state index in [1.54, 1.807) is 6.92 Å². The standard InChI is InChI=1S/C10H11NO3/c1-7(4-11)3-8(2)10(12)14-6-9-5-13-9/h3,9H,1,5-6H2,2H3/b8-3+. The van der Waals surface area contributed by atoms with Gasteiger partial charge in [0, 0.05) is 11.1 Å². The maximum absolute atomic E-state index is 11.2. The van der Waals surface area contributed by atoms with Gasteiger partial charge in [-0.3, -0.25) is 0 Å². The molecule has 1 unspecified atom stereocenters. The molecule has 0 aliphatic carbocycles. The Morgan fingerprint density at radius 3 is 3.00 bits per heavy atom. The fourth-order valence-corrected chi connectivity index (χ4v) is 0.799. The quantitative estimate of drug-likeness (QED) is 0.219. The molecule has 74 valence electrons. The number of nitriles is 1. The van der Waals surface area contributed by atoms with Gasteiger partial charge in [0.2, 0.25) is 0 Å². The predicted molar refractivity (Wildman–Crippen MR) is 49.2 cm³/mol. The summed E-state index contributed by atoms with van der Waals surface area (Å²) in [5.41, 5.74) is 0.610. The molecule has 1 atom stereocenters. The van der Waals surface area contributed by atoms with E-state index < -0.39 is 5.97 Å². The second kappa shape index (κ2) is 4.58. The first-order valence-electron chi connectivity index (χ1n) is 4.19. The van der Waals surface area contributed by atoms with Crippen LogP contribution in [0.15, 0.2) is 23.8 Å². The Kier molecular flexibility index (Phi) is 3.43. The fourth-order valence-electron chi connectivity index (χ4n) is 0.799. The topological polar surface area (TPSA) is 62.6 Å². The number of carbonyl (C=O) groups excluding carboxylic acids is 1. The van der Waals surface area contributed by atoms with Crippen molar-refractivity contribution in [3.05, 3.63) is 23.8 Å². The van der Waals surface area contributed by atoms with Gasteiger partial charge in [0.1, 0.15) is 12.7 Å². The number of hydrogen-bond donors (Lipinski definition) is 0.